The molecule has 2 fully saturated rings. The zero-order chi connectivity index (χ0) is 10.7. The van der Waals surface area contributed by atoms with Gasteiger partial charge in [0, 0.05) is 4.83 Å². The Morgan fingerprint density at radius 1 is 1.33 bits per heavy atom. The van der Waals surface area contributed by atoms with E-state index in [2.05, 4.69) is 22.9 Å². The first kappa shape index (κ1) is 11.9. The molecule has 2 rings (SSSR count). The predicted octanol–water partition coefficient (Wildman–Crippen LogP) is 4.43. The lowest BCUT2D eigenvalue weighted by Crippen LogP contribution is -2.24. The summed E-state index contributed by atoms with van der Waals surface area (Å²) in [5.74, 6) is 0. The summed E-state index contributed by atoms with van der Waals surface area (Å²) in [6, 6.07) is 0. The van der Waals surface area contributed by atoms with E-state index in [1.54, 1.807) is 0 Å². The molecule has 1 saturated heterocycles. The Morgan fingerprint density at radius 2 is 2.07 bits per heavy atom. The van der Waals surface area contributed by atoms with Crippen LogP contribution in [0.3, 0.4) is 0 Å². The molecule has 1 spiro atoms. The third-order valence-electron chi connectivity index (χ3n) is 3.98. The SMILES string of the molecule is CC(Br)CCCC1CCC2(CCCC2)O1. The topological polar surface area (TPSA) is 9.23 Å². The van der Waals surface area contributed by atoms with Crippen molar-refractivity contribution < 1.29 is 4.74 Å². The number of alkyl halides is 1. The van der Waals surface area contributed by atoms with Gasteiger partial charge in [-0.15, -0.1) is 0 Å². The van der Waals surface area contributed by atoms with Crippen LogP contribution in [0.5, 0.6) is 0 Å². The molecule has 2 heteroatoms. The van der Waals surface area contributed by atoms with E-state index in [0.29, 0.717) is 16.5 Å². The van der Waals surface area contributed by atoms with Gasteiger partial charge < -0.3 is 4.74 Å². The minimum Gasteiger partial charge on any atom is -0.372 e. The first-order chi connectivity index (χ1) is 7.20. The van der Waals surface area contributed by atoms with Crippen molar-refractivity contribution in [1.82, 2.24) is 0 Å². The molecule has 0 aromatic rings. The Bertz CT molecular complexity index is 197. The van der Waals surface area contributed by atoms with E-state index >= 15 is 0 Å². The van der Waals surface area contributed by atoms with Crippen molar-refractivity contribution in [1.29, 1.82) is 0 Å². The fourth-order valence-electron chi connectivity index (χ4n) is 3.11. The molecule has 2 unspecified atom stereocenters. The average molecular weight is 275 g/mol. The second-order valence-electron chi connectivity index (χ2n) is 5.38. The number of rotatable bonds is 4. The highest BCUT2D eigenvalue weighted by atomic mass is 79.9. The van der Waals surface area contributed by atoms with Crippen LogP contribution in [-0.2, 0) is 4.74 Å². The summed E-state index contributed by atoms with van der Waals surface area (Å²) in [7, 11) is 0. The first-order valence-corrected chi connectivity index (χ1v) is 7.44. The summed E-state index contributed by atoms with van der Waals surface area (Å²) < 4.78 is 6.28. The lowest BCUT2D eigenvalue weighted by molar-refractivity contribution is -0.0394. The quantitative estimate of drug-likeness (QED) is 0.689. The lowest BCUT2D eigenvalue weighted by atomic mass is 9.98. The normalized spacial score (nSPS) is 31.2. The summed E-state index contributed by atoms with van der Waals surface area (Å²) >= 11 is 3.60. The van der Waals surface area contributed by atoms with Crippen molar-refractivity contribution in [3.05, 3.63) is 0 Å². The summed E-state index contributed by atoms with van der Waals surface area (Å²) in [6.45, 7) is 2.23. The van der Waals surface area contributed by atoms with E-state index in [9.17, 15) is 0 Å². The molecule has 88 valence electrons. The van der Waals surface area contributed by atoms with Crippen molar-refractivity contribution in [3.8, 4) is 0 Å². The zero-order valence-corrected chi connectivity index (χ0v) is 11.4. The molecule has 0 aromatic heterocycles. The molecule has 0 bridgehead atoms. The van der Waals surface area contributed by atoms with Crippen LogP contribution < -0.4 is 0 Å². The van der Waals surface area contributed by atoms with Crippen molar-refractivity contribution in [3.63, 3.8) is 0 Å². The van der Waals surface area contributed by atoms with Gasteiger partial charge in [0.2, 0.25) is 0 Å². The molecule has 1 heterocycles. The molecule has 0 amide bonds. The predicted molar refractivity (Wildman–Crippen MR) is 67.5 cm³/mol. The number of ether oxygens (including phenoxy) is 1. The van der Waals surface area contributed by atoms with E-state index in [0.717, 1.165) is 0 Å². The van der Waals surface area contributed by atoms with Crippen LogP contribution in [-0.4, -0.2) is 16.5 Å². The molecule has 1 aliphatic carbocycles. The van der Waals surface area contributed by atoms with Gasteiger partial charge in [-0.05, 0) is 44.9 Å². The number of hydrogen-bond acceptors (Lipinski definition) is 1. The molecule has 2 aliphatic rings. The van der Waals surface area contributed by atoms with E-state index in [-0.39, 0.29) is 0 Å². The highest BCUT2D eigenvalue weighted by Crippen LogP contribution is 2.44. The monoisotopic (exact) mass is 274 g/mol. The van der Waals surface area contributed by atoms with E-state index in [1.807, 2.05) is 0 Å². The fourth-order valence-corrected chi connectivity index (χ4v) is 3.44. The highest BCUT2D eigenvalue weighted by Gasteiger charge is 2.41. The Balaban J connectivity index is 1.68. The van der Waals surface area contributed by atoms with Gasteiger partial charge in [-0.25, -0.2) is 0 Å². The molecule has 15 heavy (non-hydrogen) atoms. The maximum atomic E-state index is 6.28. The van der Waals surface area contributed by atoms with Crippen LogP contribution >= 0.6 is 15.9 Å². The smallest absolute Gasteiger partial charge is 0.0687 e. The van der Waals surface area contributed by atoms with Crippen molar-refractivity contribution in [2.75, 3.05) is 0 Å². The molecule has 1 saturated carbocycles. The standard InChI is InChI=1S/C13H23BrO/c1-11(14)5-4-6-12-7-10-13(15-12)8-2-3-9-13/h11-12H,2-10H2,1H3. The van der Waals surface area contributed by atoms with E-state index in [4.69, 9.17) is 4.74 Å². The van der Waals surface area contributed by atoms with Gasteiger partial charge in [0.15, 0.2) is 0 Å². The lowest BCUT2D eigenvalue weighted by Gasteiger charge is -2.23. The average Bonchev–Trinajstić information content (AvgIpc) is 2.78. The van der Waals surface area contributed by atoms with Gasteiger partial charge in [-0.1, -0.05) is 35.7 Å². The molecule has 0 radical (unpaired) electrons. The second kappa shape index (κ2) is 5.18. The Morgan fingerprint density at radius 3 is 2.73 bits per heavy atom. The van der Waals surface area contributed by atoms with Crippen molar-refractivity contribution in [2.24, 2.45) is 0 Å². The van der Waals surface area contributed by atoms with Crippen molar-refractivity contribution in [2.45, 2.75) is 81.2 Å². The zero-order valence-electron chi connectivity index (χ0n) is 9.80. The number of hydrogen-bond donors (Lipinski definition) is 0. The third kappa shape index (κ3) is 3.20. The molecule has 1 nitrogen and oxygen atoms in total. The van der Waals surface area contributed by atoms with Crippen LogP contribution in [0.2, 0.25) is 0 Å². The van der Waals surface area contributed by atoms with Gasteiger partial charge in [0.1, 0.15) is 0 Å². The van der Waals surface area contributed by atoms with Gasteiger partial charge in [-0.3, -0.25) is 0 Å². The highest BCUT2D eigenvalue weighted by molar-refractivity contribution is 9.09. The first-order valence-electron chi connectivity index (χ1n) is 6.52. The van der Waals surface area contributed by atoms with Crippen LogP contribution in [0, 0.1) is 0 Å². The second-order valence-corrected chi connectivity index (χ2v) is 6.94. The third-order valence-corrected chi connectivity index (χ3v) is 4.44. The molecular weight excluding hydrogens is 252 g/mol. The Labute approximate surface area is 102 Å². The molecular formula is C13H23BrO. The van der Waals surface area contributed by atoms with E-state index in [1.165, 1.54) is 57.8 Å². The minimum absolute atomic E-state index is 0.338. The summed E-state index contributed by atoms with van der Waals surface area (Å²) in [4.78, 5) is 0.666. The largest absolute Gasteiger partial charge is 0.372 e. The summed E-state index contributed by atoms with van der Waals surface area (Å²) in [5, 5.41) is 0. The van der Waals surface area contributed by atoms with Crippen LogP contribution in [0.1, 0.15) is 64.7 Å². The van der Waals surface area contributed by atoms with Crippen LogP contribution in [0.25, 0.3) is 0 Å². The van der Waals surface area contributed by atoms with Gasteiger partial charge in [0.25, 0.3) is 0 Å². The Hall–Kier alpha value is 0.440. The van der Waals surface area contributed by atoms with Gasteiger partial charge >= 0.3 is 0 Å². The Kier molecular flexibility index (Phi) is 4.11. The fraction of sp³-hybridized carbons (Fsp3) is 1.00. The number of halogens is 1. The van der Waals surface area contributed by atoms with Crippen LogP contribution in [0.4, 0.5) is 0 Å². The van der Waals surface area contributed by atoms with Crippen molar-refractivity contribution >= 4 is 15.9 Å². The molecule has 0 N–H and O–H groups in total. The minimum atomic E-state index is 0.338. The molecule has 2 atom stereocenters. The maximum Gasteiger partial charge on any atom is 0.0687 e. The summed E-state index contributed by atoms with van der Waals surface area (Å²) in [6.07, 6.45) is 12.6. The van der Waals surface area contributed by atoms with Gasteiger partial charge in [-0.2, -0.15) is 0 Å². The van der Waals surface area contributed by atoms with E-state index < -0.39 is 0 Å². The summed E-state index contributed by atoms with van der Waals surface area (Å²) in [5.41, 5.74) is 0.338. The van der Waals surface area contributed by atoms with Crippen LogP contribution in [0.15, 0.2) is 0 Å². The molecule has 0 aromatic carbocycles. The maximum absolute atomic E-state index is 6.28. The van der Waals surface area contributed by atoms with Gasteiger partial charge in [0.05, 0.1) is 11.7 Å². The molecule has 1 aliphatic heterocycles.